The summed E-state index contributed by atoms with van der Waals surface area (Å²) in [7, 11) is -0.0331. The molecule has 1 aromatic rings. The lowest BCUT2D eigenvalue weighted by Gasteiger charge is -2.21. The molecule has 1 N–H and O–H groups in total. The normalized spacial score (nSPS) is 11.7. The highest BCUT2D eigenvalue weighted by Gasteiger charge is 2.24. The Morgan fingerprint density at radius 2 is 1.83 bits per heavy atom. The van der Waals surface area contributed by atoms with E-state index >= 15 is 0 Å². The van der Waals surface area contributed by atoms with E-state index in [0.717, 1.165) is 5.56 Å². The molecule has 0 unspecified atom stereocenters. The summed E-state index contributed by atoms with van der Waals surface area (Å²) >= 11 is 0. The number of likely N-dealkylation sites (N-methyl/N-ethyl adjacent to an activating group) is 2. The van der Waals surface area contributed by atoms with Gasteiger partial charge in [0, 0.05) is 38.8 Å². The third-order valence-corrected chi connectivity index (χ3v) is 5.87. The van der Waals surface area contributed by atoms with Crippen molar-refractivity contribution in [3.63, 3.8) is 0 Å². The van der Waals surface area contributed by atoms with Crippen LogP contribution in [0.2, 0.25) is 0 Å². The zero-order valence-corrected chi connectivity index (χ0v) is 15.4. The summed E-state index contributed by atoms with van der Waals surface area (Å²) in [4.78, 5) is 14.3. The first-order valence-corrected chi connectivity index (χ1v) is 9.24. The van der Waals surface area contributed by atoms with Gasteiger partial charge in [-0.25, -0.2) is 8.42 Å². The smallest absolute Gasteiger partial charge is 0.253 e. The topological polar surface area (TPSA) is 69.7 Å². The molecule has 0 spiro atoms. The predicted molar refractivity (Wildman–Crippen MR) is 92.2 cm³/mol. The quantitative estimate of drug-likeness (QED) is 0.774. The van der Waals surface area contributed by atoms with Gasteiger partial charge in [0.05, 0.1) is 4.90 Å². The average Bonchev–Trinajstić information content (AvgIpc) is 2.53. The van der Waals surface area contributed by atoms with Crippen LogP contribution in [-0.2, 0) is 10.0 Å². The van der Waals surface area contributed by atoms with Crippen LogP contribution in [0.15, 0.2) is 23.1 Å². The molecule has 0 aromatic heterocycles. The van der Waals surface area contributed by atoms with E-state index in [1.807, 2.05) is 14.0 Å². The van der Waals surface area contributed by atoms with E-state index in [0.29, 0.717) is 31.7 Å². The lowest BCUT2D eigenvalue weighted by molar-refractivity contribution is 0.0796. The molecule has 0 aliphatic heterocycles. The largest absolute Gasteiger partial charge is 0.340 e. The van der Waals surface area contributed by atoms with Crippen LogP contribution in [0, 0.1) is 6.92 Å². The van der Waals surface area contributed by atoms with Crippen molar-refractivity contribution in [1.82, 2.24) is 14.5 Å². The van der Waals surface area contributed by atoms with Gasteiger partial charge in [0.2, 0.25) is 10.0 Å². The monoisotopic (exact) mass is 341 g/mol. The summed E-state index contributed by atoms with van der Waals surface area (Å²) in [5, 5.41) is 2.99. The zero-order valence-electron chi connectivity index (χ0n) is 14.6. The van der Waals surface area contributed by atoms with Crippen LogP contribution in [0.4, 0.5) is 0 Å². The van der Waals surface area contributed by atoms with Crippen LogP contribution in [0.1, 0.15) is 29.8 Å². The minimum atomic E-state index is -3.57. The van der Waals surface area contributed by atoms with Crippen molar-refractivity contribution in [2.45, 2.75) is 25.7 Å². The first-order valence-electron chi connectivity index (χ1n) is 7.80. The number of carbonyl (C=O) groups is 1. The fourth-order valence-electron chi connectivity index (χ4n) is 2.29. The number of benzene rings is 1. The summed E-state index contributed by atoms with van der Waals surface area (Å²) in [6.45, 7) is 7.45. The van der Waals surface area contributed by atoms with E-state index in [2.05, 4.69) is 5.32 Å². The fourth-order valence-corrected chi connectivity index (χ4v) is 3.78. The van der Waals surface area contributed by atoms with Crippen LogP contribution < -0.4 is 5.32 Å². The molecule has 1 rings (SSSR count). The van der Waals surface area contributed by atoms with Crippen molar-refractivity contribution in [2.75, 3.05) is 40.3 Å². The number of nitrogens with one attached hydrogen (secondary N) is 1. The van der Waals surface area contributed by atoms with Crippen LogP contribution in [0.25, 0.3) is 0 Å². The Morgan fingerprint density at radius 1 is 1.22 bits per heavy atom. The van der Waals surface area contributed by atoms with Crippen molar-refractivity contribution in [3.05, 3.63) is 29.3 Å². The van der Waals surface area contributed by atoms with Crippen molar-refractivity contribution >= 4 is 15.9 Å². The molecule has 7 heteroatoms. The summed E-state index contributed by atoms with van der Waals surface area (Å²) in [6, 6.07) is 4.74. The van der Waals surface area contributed by atoms with E-state index in [4.69, 9.17) is 0 Å². The first-order chi connectivity index (χ1) is 10.8. The third-order valence-electron chi connectivity index (χ3n) is 3.83. The number of sulfonamides is 1. The number of nitrogens with zero attached hydrogens (tertiary/aromatic N) is 2. The number of hydrogen-bond donors (Lipinski definition) is 1. The lowest BCUT2D eigenvalue weighted by atomic mass is 10.1. The molecule has 1 amide bonds. The Morgan fingerprint density at radius 3 is 2.35 bits per heavy atom. The minimum absolute atomic E-state index is 0.164. The summed E-state index contributed by atoms with van der Waals surface area (Å²) in [6.07, 6.45) is 0. The number of aryl methyl sites for hydroxylation is 1. The van der Waals surface area contributed by atoms with Crippen LogP contribution in [-0.4, -0.2) is 63.8 Å². The highest BCUT2D eigenvalue weighted by atomic mass is 32.2. The minimum Gasteiger partial charge on any atom is -0.340 e. The Hall–Kier alpha value is -1.44. The number of hydrogen-bond acceptors (Lipinski definition) is 4. The molecule has 6 nitrogen and oxygen atoms in total. The van der Waals surface area contributed by atoms with E-state index < -0.39 is 10.0 Å². The highest BCUT2D eigenvalue weighted by molar-refractivity contribution is 7.89. The van der Waals surface area contributed by atoms with Crippen molar-refractivity contribution in [1.29, 1.82) is 0 Å². The first kappa shape index (κ1) is 19.6. The molecule has 0 saturated heterocycles. The Labute approximate surface area is 139 Å². The molecule has 130 valence electrons. The highest BCUT2D eigenvalue weighted by Crippen LogP contribution is 2.20. The van der Waals surface area contributed by atoms with Crippen molar-refractivity contribution < 1.29 is 13.2 Å². The molecule has 0 radical (unpaired) electrons. The standard InChI is InChI=1S/C16H27N3O3S/c1-6-19(7-2)23(21,22)14-9-8-13(3)15(12-14)16(20)18(5)11-10-17-4/h8-9,12,17H,6-7,10-11H2,1-5H3. The molecular weight excluding hydrogens is 314 g/mol. The Bertz CT molecular complexity index is 640. The van der Waals surface area contributed by atoms with Crippen LogP contribution in [0.3, 0.4) is 0 Å². The Kier molecular flexibility index (Phi) is 7.18. The van der Waals surface area contributed by atoms with E-state index in [1.165, 1.54) is 10.4 Å². The number of amides is 1. The molecule has 1 aromatic carbocycles. The lowest BCUT2D eigenvalue weighted by Crippen LogP contribution is -2.34. The summed E-state index contributed by atoms with van der Waals surface area (Å²) in [5.74, 6) is -0.172. The van der Waals surface area contributed by atoms with Gasteiger partial charge in [-0.15, -0.1) is 0 Å². The molecule has 0 saturated carbocycles. The average molecular weight is 341 g/mol. The van der Waals surface area contributed by atoms with Gasteiger partial charge in [-0.3, -0.25) is 4.79 Å². The summed E-state index contributed by atoms with van der Waals surface area (Å²) in [5.41, 5.74) is 1.20. The van der Waals surface area contributed by atoms with Gasteiger partial charge in [0.25, 0.3) is 5.91 Å². The molecular formula is C16H27N3O3S. The molecule has 0 atom stereocenters. The number of carbonyl (C=O) groups excluding carboxylic acids is 1. The molecule has 0 aliphatic carbocycles. The van der Waals surface area contributed by atoms with Gasteiger partial charge >= 0.3 is 0 Å². The molecule has 0 bridgehead atoms. The van der Waals surface area contributed by atoms with E-state index in [-0.39, 0.29) is 10.8 Å². The maximum absolute atomic E-state index is 12.6. The summed E-state index contributed by atoms with van der Waals surface area (Å²) < 4.78 is 26.6. The third kappa shape index (κ3) is 4.53. The van der Waals surface area contributed by atoms with Crippen LogP contribution >= 0.6 is 0 Å². The second kappa shape index (κ2) is 8.42. The molecule has 23 heavy (non-hydrogen) atoms. The van der Waals surface area contributed by atoms with Gasteiger partial charge in [-0.2, -0.15) is 4.31 Å². The van der Waals surface area contributed by atoms with Crippen molar-refractivity contribution in [3.8, 4) is 0 Å². The van der Waals surface area contributed by atoms with Gasteiger partial charge in [0.1, 0.15) is 0 Å². The SMILES string of the molecule is CCN(CC)S(=O)(=O)c1ccc(C)c(C(=O)N(C)CCNC)c1. The van der Waals surface area contributed by atoms with Gasteiger partial charge in [0.15, 0.2) is 0 Å². The number of rotatable bonds is 8. The van der Waals surface area contributed by atoms with E-state index in [1.54, 1.807) is 37.9 Å². The maximum Gasteiger partial charge on any atom is 0.253 e. The second-order valence-corrected chi connectivity index (χ2v) is 7.33. The Balaban J connectivity index is 3.20. The maximum atomic E-state index is 12.6. The van der Waals surface area contributed by atoms with E-state index in [9.17, 15) is 13.2 Å². The van der Waals surface area contributed by atoms with Gasteiger partial charge < -0.3 is 10.2 Å². The molecule has 0 fully saturated rings. The molecule has 0 heterocycles. The molecule has 0 aliphatic rings. The van der Waals surface area contributed by atoms with Gasteiger partial charge in [-0.05, 0) is 31.7 Å². The van der Waals surface area contributed by atoms with Crippen molar-refractivity contribution in [2.24, 2.45) is 0 Å². The van der Waals surface area contributed by atoms with Crippen LogP contribution in [0.5, 0.6) is 0 Å². The predicted octanol–water partition coefficient (Wildman–Crippen LogP) is 1.32. The van der Waals surface area contributed by atoms with Gasteiger partial charge in [-0.1, -0.05) is 19.9 Å². The fraction of sp³-hybridized carbons (Fsp3) is 0.562. The zero-order chi connectivity index (χ0) is 17.6. The second-order valence-electron chi connectivity index (χ2n) is 5.40.